The average Bonchev–Trinajstić information content (AvgIpc) is 2.97. The molecule has 2 heterocycles. The van der Waals surface area contributed by atoms with E-state index >= 15 is 0 Å². The number of pyridine rings is 1. The van der Waals surface area contributed by atoms with Crippen molar-refractivity contribution in [2.75, 3.05) is 11.9 Å². The molecular weight excluding hydrogens is 321 g/mol. The summed E-state index contributed by atoms with van der Waals surface area (Å²) < 4.78 is 15.3. The monoisotopic (exact) mass is 339 g/mol. The van der Waals surface area contributed by atoms with Gasteiger partial charge in [0, 0.05) is 24.9 Å². The van der Waals surface area contributed by atoms with Crippen molar-refractivity contribution >= 4 is 11.7 Å². The Morgan fingerprint density at radius 2 is 2.00 bits per heavy atom. The van der Waals surface area contributed by atoms with Gasteiger partial charge < -0.3 is 10.6 Å². The fourth-order valence-electron chi connectivity index (χ4n) is 2.42. The van der Waals surface area contributed by atoms with Crippen LogP contribution in [0.1, 0.15) is 11.4 Å². The number of hydrogen-bond donors (Lipinski definition) is 2. The van der Waals surface area contributed by atoms with E-state index in [-0.39, 0.29) is 11.8 Å². The Bertz CT molecular complexity index is 863. The number of para-hydroxylation sites is 1. The number of halogens is 1. The van der Waals surface area contributed by atoms with Gasteiger partial charge in [-0.1, -0.05) is 18.2 Å². The number of hydrogen-bond acceptors (Lipinski definition) is 3. The van der Waals surface area contributed by atoms with Crippen molar-refractivity contribution in [1.82, 2.24) is 20.1 Å². The molecule has 2 amide bonds. The SMILES string of the molecule is Cc1c(NC(=O)NCCc2ccccn2)cnn1-c1ccccc1F. The average molecular weight is 339 g/mol. The second kappa shape index (κ2) is 7.57. The Hall–Kier alpha value is -3.22. The van der Waals surface area contributed by atoms with Crippen LogP contribution in [0.5, 0.6) is 0 Å². The van der Waals surface area contributed by atoms with Gasteiger partial charge in [0.2, 0.25) is 0 Å². The van der Waals surface area contributed by atoms with Gasteiger partial charge in [-0.15, -0.1) is 0 Å². The molecule has 6 nitrogen and oxygen atoms in total. The normalized spacial score (nSPS) is 10.5. The first-order chi connectivity index (χ1) is 12.1. The van der Waals surface area contributed by atoms with Crippen LogP contribution in [0.2, 0.25) is 0 Å². The van der Waals surface area contributed by atoms with E-state index in [1.807, 2.05) is 18.2 Å². The Morgan fingerprint density at radius 3 is 2.76 bits per heavy atom. The van der Waals surface area contributed by atoms with E-state index in [1.165, 1.54) is 16.9 Å². The molecule has 0 unspecified atom stereocenters. The first kappa shape index (κ1) is 16.6. The molecule has 0 saturated carbocycles. The summed E-state index contributed by atoms with van der Waals surface area (Å²) >= 11 is 0. The minimum absolute atomic E-state index is 0.337. The lowest BCUT2D eigenvalue weighted by Crippen LogP contribution is -2.30. The first-order valence-electron chi connectivity index (χ1n) is 7.89. The predicted octanol–water partition coefficient (Wildman–Crippen LogP) is 3.08. The van der Waals surface area contributed by atoms with Crippen molar-refractivity contribution in [1.29, 1.82) is 0 Å². The number of carbonyl (C=O) groups excluding carboxylic acids is 1. The molecule has 7 heteroatoms. The zero-order chi connectivity index (χ0) is 17.6. The third-order valence-corrected chi connectivity index (χ3v) is 3.73. The molecule has 0 radical (unpaired) electrons. The molecule has 128 valence electrons. The zero-order valence-electron chi connectivity index (χ0n) is 13.7. The lowest BCUT2D eigenvalue weighted by molar-refractivity contribution is 0.252. The third-order valence-electron chi connectivity index (χ3n) is 3.73. The van der Waals surface area contributed by atoms with Crippen LogP contribution in [0.25, 0.3) is 5.69 Å². The van der Waals surface area contributed by atoms with Crippen LogP contribution in [-0.4, -0.2) is 27.3 Å². The van der Waals surface area contributed by atoms with Crippen LogP contribution in [-0.2, 0) is 6.42 Å². The van der Waals surface area contributed by atoms with Crippen molar-refractivity contribution < 1.29 is 9.18 Å². The molecule has 3 rings (SSSR count). The van der Waals surface area contributed by atoms with Gasteiger partial charge >= 0.3 is 6.03 Å². The molecular formula is C18H18FN5O. The van der Waals surface area contributed by atoms with Crippen LogP contribution >= 0.6 is 0 Å². The van der Waals surface area contributed by atoms with Gasteiger partial charge in [-0.2, -0.15) is 5.10 Å². The van der Waals surface area contributed by atoms with E-state index in [1.54, 1.807) is 31.3 Å². The smallest absolute Gasteiger partial charge is 0.319 e. The van der Waals surface area contributed by atoms with Crippen molar-refractivity contribution in [3.8, 4) is 5.69 Å². The van der Waals surface area contributed by atoms with Crippen LogP contribution in [0.3, 0.4) is 0 Å². The van der Waals surface area contributed by atoms with Gasteiger partial charge in [-0.3, -0.25) is 4.98 Å². The molecule has 0 aliphatic heterocycles. The van der Waals surface area contributed by atoms with Crippen molar-refractivity contribution in [3.05, 3.63) is 72.1 Å². The summed E-state index contributed by atoms with van der Waals surface area (Å²) in [6.07, 6.45) is 3.86. The quantitative estimate of drug-likeness (QED) is 0.750. The highest BCUT2D eigenvalue weighted by Gasteiger charge is 2.13. The molecule has 0 atom stereocenters. The molecule has 0 spiro atoms. The highest BCUT2D eigenvalue weighted by atomic mass is 19.1. The molecule has 1 aromatic carbocycles. The standard InChI is InChI=1S/C18H18FN5O/c1-13-16(12-22-24(13)17-8-3-2-7-15(17)19)23-18(25)21-11-9-14-6-4-5-10-20-14/h2-8,10,12H,9,11H2,1H3,(H2,21,23,25). The molecule has 25 heavy (non-hydrogen) atoms. The van der Waals surface area contributed by atoms with Gasteiger partial charge in [0.15, 0.2) is 0 Å². The van der Waals surface area contributed by atoms with Crippen molar-refractivity contribution in [3.63, 3.8) is 0 Å². The molecule has 0 bridgehead atoms. The minimum atomic E-state index is -0.375. The number of rotatable bonds is 5. The van der Waals surface area contributed by atoms with Crippen molar-refractivity contribution in [2.24, 2.45) is 0 Å². The molecule has 0 fully saturated rings. The number of nitrogens with one attached hydrogen (secondary N) is 2. The van der Waals surface area contributed by atoms with Gasteiger partial charge in [-0.05, 0) is 31.2 Å². The van der Waals surface area contributed by atoms with Crippen LogP contribution in [0.15, 0.2) is 54.9 Å². The molecule has 3 aromatic rings. The summed E-state index contributed by atoms with van der Waals surface area (Å²) in [6, 6.07) is 11.7. The van der Waals surface area contributed by atoms with Crippen LogP contribution in [0.4, 0.5) is 14.9 Å². The minimum Gasteiger partial charge on any atom is -0.337 e. The maximum atomic E-state index is 13.9. The van der Waals surface area contributed by atoms with Gasteiger partial charge in [0.05, 0.1) is 17.6 Å². The topological polar surface area (TPSA) is 71.8 Å². The maximum absolute atomic E-state index is 13.9. The summed E-state index contributed by atoms with van der Waals surface area (Å²) in [5.41, 5.74) is 2.42. The molecule has 2 N–H and O–H groups in total. The van der Waals surface area contributed by atoms with Gasteiger partial charge in [0.25, 0.3) is 0 Å². The number of carbonyl (C=O) groups is 1. The highest BCUT2D eigenvalue weighted by Crippen LogP contribution is 2.20. The molecule has 0 aliphatic rings. The summed E-state index contributed by atoms with van der Waals surface area (Å²) in [4.78, 5) is 16.2. The molecule has 0 saturated heterocycles. The van der Waals surface area contributed by atoms with Crippen LogP contribution < -0.4 is 10.6 Å². The summed E-state index contributed by atoms with van der Waals surface area (Å²) in [5.74, 6) is -0.375. The van der Waals surface area contributed by atoms with E-state index < -0.39 is 0 Å². The Kier molecular flexibility index (Phi) is 5.03. The fourth-order valence-corrected chi connectivity index (χ4v) is 2.42. The Labute approximate surface area is 144 Å². The number of anilines is 1. The van der Waals surface area contributed by atoms with E-state index in [2.05, 4.69) is 20.7 Å². The molecule has 2 aromatic heterocycles. The third kappa shape index (κ3) is 4.00. The maximum Gasteiger partial charge on any atom is 0.319 e. The van der Waals surface area contributed by atoms with Crippen LogP contribution in [0, 0.1) is 12.7 Å². The van der Waals surface area contributed by atoms with E-state index in [0.29, 0.717) is 30.0 Å². The molecule has 0 aliphatic carbocycles. The second-order valence-corrected chi connectivity index (χ2v) is 5.46. The van der Waals surface area contributed by atoms with Gasteiger partial charge in [0.1, 0.15) is 11.5 Å². The predicted molar refractivity (Wildman–Crippen MR) is 93.2 cm³/mol. The zero-order valence-corrected chi connectivity index (χ0v) is 13.7. The van der Waals surface area contributed by atoms with E-state index in [0.717, 1.165) is 5.69 Å². The number of urea groups is 1. The number of amides is 2. The van der Waals surface area contributed by atoms with E-state index in [4.69, 9.17) is 0 Å². The van der Waals surface area contributed by atoms with Gasteiger partial charge in [-0.25, -0.2) is 13.9 Å². The number of nitrogens with zero attached hydrogens (tertiary/aromatic N) is 3. The largest absolute Gasteiger partial charge is 0.337 e. The number of aromatic nitrogens is 3. The Balaban J connectivity index is 1.60. The summed E-state index contributed by atoms with van der Waals surface area (Å²) in [5, 5.41) is 9.65. The number of benzene rings is 1. The summed E-state index contributed by atoms with van der Waals surface area (Å²) in [7, 11) is 0. The lowest BCUT2D eigenvalue weighted by Gasteiger charge is -2.08. The van der Waals surface area contributed by atoms with Crippen molar-refractivity contribution in [2.45, 2.75) is 13.3 Å². The van der Waals surface area contributed by atoms with E-state index in [9.17, 15) is 9.18 Å². The first-order valence-corrected chi connectivity index (χ1v) is 7.89. The fraction of sp³-hybridized carbons (Fsp3) is 0.167. The second-order valence-electron chi connectivity index (χ2n) is 5.46. The highest BCUT2D eigenvalue weighted by molar-refractivity contribution is 5.89. The lowest BCUT2D eigenvalue weighted by atomic mass is 10.3. The summed E-state index contributed by atoms with van der Waals surface area (Å²) in [6.45, 7) is 2.23. The Morgan fingerprint density at radius 1 is 1.20 bits per heavy atom.